The van der Waals surface area contributed by atoms with Crippen LogP contribution in [-0.2, 0) is 9.53 Å². The molecule has 0 radical (unpaired) electrons. The first kappa shape index (κ1) is 12.3. The minimum Gasteiger partial charge on any atom is -0.480 e. The van der Waals surface area contributed by atoms with Gasteiger partial charge in [-0.25, -0.2) is 0 Å². The number of hydrogen-bond acceptors (Lipinski definition) is 3. The summed E-state index contributed by atoms with van der Waals surface area (Å²) < 4.78 is 4.82. The molecule has 6 heteroatoms. The van der Waals surface area contributed by atoms with Gasteiger partial charge in [-0.2, -0.15) is 0 Å². The molecule has 1 heterocycles. The zero-order chi connectivity index (χ0) is 12.0. The number of aromatic amines is 1. The normalized spacial score (nSPS) is 10.1. The van der Waals surface area contributed by atoms with Crippen molar-refractivity contribution in [3.8, 4) is 0 Å². The number of ether oxygens (including phenoxy) is 1. The molecular formula is C10H14N2O4. The highest BCUT2D eigenvalue weighted by atomic mass is 16.5. The maximum atomic E-state index is 11.8. The molecule has 0 fully saturated rings. The van der Waals surface area contributed by atoms with Crippen LogP contribution in [-0.4, -0.2) is 53.7 Å². The Bertz CT molecular complexity index is 348. The van der Waals surface area contributed by atoms with Gasteiger partial charge in [0.1, 0.15) is 12.2 Å². The number of carboxylic acids is 1. The highest BCUT2D eigenvalue weighted by Crippen LogP contribution is 2.01. The minimum atomic E-state index is -1.05. The Hall–Kier alpha value is -1.82. The summed E-state index contributed by atoms with van der Waals surface area (Å²) in [6.45, 7) is 0.224. The lowest BCUT2D eigenvalue weighted by Crippen LogP contribution is -2.38. The number of rotatable bonds is 6. The topological polar surface area (TPSA) is 82.6 Å². The standard InChI is InChI=1S/C10H14N2O4/c1-16-6-5-12(7-9(13)14)10(15)8-3-2-4-11-8/h2-4,11H,5-7H2,1H3,(H,13,14). The van der Waals surface area contributed by atoms with Crippen molar-refractivity contribution in [2.75, 3.05) is 26.8 Å². The number of amides is 1. The second-order valence-electron chi connectivity index (χ2n) is 3.20. The molecule has 1 aromatic heterocycles. The molecule has 0 saturated carbocycles. The predicted molar refractivity (Wildman–Crippen MR) is 56.2 cm³/mol. The van der Waals surface area contributed by atoms with E-state index in [-0.39, 0.29) is 19.0 Å². The van der Waals surface area contributed by atoms with Gasteiger partial charge in [-0.3, -0.25) is 9.59 Å². The smallest absolute Gasteiger partial charge is 0.323 e. The first-order valence-electron chi connectivity index (χ1n) is 4.78. The number of hydrogen-bond donors (Lipinski definition) is 2. The summed E-state index contributed by atoms with van der Waals surface area (Å²) in [5, 5.41) is 8.68. The molecule has 1 aromatic rings. The number of nitrogens with one attached hydrogen (secondary N) is 1. The van der Waals surface area contributed by atoms with Gasteiger partial charge >= 0.3 is 5.97 Å². The Morgan fingerprint density at radius 2 is 2.31 bits per heavy atom. The van der Waals surface area contributed by atoms with Gasteiger partial charge in [-0.05, 0) is 12.1 Å². The first-order chi connectivity index (χ1) is 7.65. The van der Waals surface area contributed by atoms with Crippen LogP contribution in [0.1, 0.15) is 10.5 Å². The summed E-state index contributed by atoms with van der Waals surface area (Å²) in [5.74, 6) is -1.39. The van der Waals surface area contributed by atoms with E-state index >= 15 is 0 Å². The van der Waals surface area contributed by atoms with Crippen LogP contribution in [0.15, 0.2) is 18.3 Å². The molecule has 1 rings (SSSR count). The van der Waals surface area contributed by atoms with Gasteiger partial charge in [0.25, 0.3) is 5.91 Å². The lowest BCUT2D eigenvalue weighted by atomic mass is 10.3. The number of aromatic nitrogens is 1. The maximum absolute atomic E-state index is 11.8. The van der Waals surface area contributed by atoms with Gasteiger partial charge < -0.3 is 19.7 Å². The first-order valence-corrected chi connectivity index (χ1v) is 4.78. The van der Waals surface area contributed by atoms with E-state index in [1.54, 1.807) is 18.3 Å². The second-order valence-corrected chi connectivity index (χ2v) is 3.20. The van der Waals surface area contributed by atoms with Crippen molar-refractivity contribution in [1.29, 1.82) is 0 Å². The van der Waals surface area contributed by atoms with Crippen LogP contribution < -0.4 is 0 Å². The zero-order valence-electron chi connectivity index (χ0n) is 8.97. The van der Waals surface area contributed by atoms with Crippen molar-refractivity contribution in [1.82, 2.24) is 9.88 Å². The van der Waals surface area contributed by atoms with E-state index in [0.29, 0.717) is 12.3 Å². The van der Waals surface area contributed by atoms with Crippen LogP contribution in [0.4, 0.5) is 0 Å². The Balaban J connectivity index is 2.67. The van der Waals surface area contributed by atoms with Crippen molar-refractivity contribution >= 4 is 11.9 Å². The van der Waals surface area contributed by atoms with Gasteiger partial charge in [-0.1, -0.05) is 0 Å². The number of carbonyl (C=O) groups is 2. The second kappa shape index (κ2) is 5.92. The molecule has 0 unspecified atom stereocenters. The molecule has 0 aliphatic heterocycles. The third kappa shape index (κ3) is 3.39. The molecule has 0 atom stereocenters. The SMILES string of the molecule is COCCN(CC(=O)O)C(=O)c1ccc[nH]1. The molecule has 6 nitrogen and oxygen atoms in total. The summed E-state index contributed by atoms with van der Waals surface area (Å²) in [4.78, 5) is 26.4. The monoisotopic (exact) mass is 226 g/mol. The lowest BCUT2D eigenvalue weighted by Gasteiger charge is -2.19. The van der Waals surface area contributed by atoms with Crippen LogP contribution in [0.2, 0.25) is 0 Å². The van der Waals surface area contributed by atoms with Gasteiger partial charge in [-0.15, -0.1) is 0 Å². The number of H-pyrrole nitrogens is 1. The van der Waals surface area contributed by atoms with E-state index < -0.39 is 5.97 Å². The Morgan fingerprint density at radius 1 is 1.56 bits per heavy atom. The molecule has 2 N–H and O–H groups in total. The van der Waals surface area contributed by atoms with Crippen molar-refractivity contribution in [3.63, 3.8) is 0 Å². The van der Waals surface area contributed by atoms with Crippen LogP contribution in [0.5, 0.6) is 0 Å². The molecule has 16 heavy (non-hydrogen) atoms. The summed E-state index contributed by atoms with van der Waals surface area (Å²) in [7, 11) is 1.50. The van der Waals surface area contributed by atoms with Gasteiger partial charge in [0.05, 0.1) is 6.61 Å². The molecule has 0 aromatic carbocycles. The number of aliphatic carboxylic acids is 1. The van der Waals surface area contributed by atoms with Crippen molar-refractivity contribution in [2.45, 2.75) is 0 Å². The van der Waals surface area contributed by atoms with E-state index in [2.05, 4.69) is 4.98 Å². The summed E-state index contributed by atoms with van der Waals surface area (Å²) in [5.41, 5.74) is 0.373. The van der Waals surface area contributed by atoms with Gasteiger partial charge in [0, 0.05) is 19.9 Å². The summed E-state index contributed by atoms with van der Waals surface area (Å²) >= 11 is 0. The number of methoxy groups -OCH3 is 1. The van der Waals surface area contributed by atoms with Crippen LogP contribution in [0.25, 0.3) is 0 Å². The molecule has 0 aliphatic rings. The van der Waals surface area contributed by atoms with E-state index in [1.807, 2.05) is 0 Å². The van der Waals surface area contributed by atoms with Gasteiger partial charge in [0.2, 0.25) is 0 Å². The molecule has 0 spiro atoms. The quantitative estimate of drug-likeness (QED) is 0.725. The van der Waals surface area contributed by atoms with Gasteiger partial charge in [0.15, 0.2) is 0 Å². The van der Waals surface area contributed by atoms with E-state index in [9.17, 15) is 9.59 Å². The molecule has 0 aliphatic carbocycles. The lowest BCUT2D eigenvalue weighted by molar-refractivity contribution is -0.137. The van der Waals surface area contributed by atoms with Crippen LogP contribution in [0.3, 0.4) is 0 Å². The molecule has 0 bridgehead atoms. The maximum Gasteiger partial charge on any atom is 0.323 e. The molecular weight excluding hydrogens is 212 g/mol. The van der Waals surface area contributed by atoms with E-state index in [1.165, 1.54) is 12.0 Å². The molecule has 88 valence electrons. The summed E-state index contributed by atoms with van der Waals surface area (Å²) in [6.07, 6.45) is 1.61. The number of nitrogens with zero attached hydrogens (tertiary/aromatic N) is 1. The van der Waals surface area contributed by atoms with Crippen molar-refractivity contribution in [2.24, 2.45) is 0 Å². The van der Waals surface area contributed by atoms with Crippen molar-refractivity contribution < 1.29 is 19.4 Å². The average molecular weight is 226 g/mol. The fourth-order valence-corrected chi connectivity index (χ4v) is 1.25. The van der Waals surface area contributed by atoms with E-state index in [4.69, 9.17) is 9.84 Å². The largest absolute Gasteiger partial charge is 0.480 e. The fourth-order valence-electron chi connectivity index (χ4n) is 1.25. The Labute approximate surface area is 92.8 Å². The zero-order valence-corrected chi connectivity index (χ0v) is 8.97. The predicted octanol–water partition coefficient (Wildman–Crippen LogP) is 0.188. The Kier molecular flexibility index (Phi) is 4.53. The highest BCUT2D eigenvalue weighted by Gasteiger charge is 2.18. The van der Waals surface area contributed by atoms with E-state index in [0.717, 1.165) is 0 Å². The van der Waals surface area contributed by atoms with Crippen LogP contribution >= 0.6 is 0 Å². The minimum absolute atomic E-state index is 0.251. The van der Waals surface area contributed by atoms with Crippen molar-refractivity contribution in [3.05, 3.63) is 24.0 Å². The number of carbonyl (C=O) groups excluding carboxylic acids is 1. The van der Waals surface area contributed by atoms with Crippen LogP contribution in [0, 0.1) is 0 Å². The highest BCUT2D eigenvalue weighted by molar-refractivity contribution is 5.94. The molecule has 1 amide bonds. The average Bonchev–Trinajstić information content (AvgIpc) is 2.76. The third-order valence-electron chi connectivity index (χ3n) is 2.01. The number of carboxylic acid groups (broad SMARTS) is 1. The Morgan fingerprint density at radius 3 is 2.81 bits per heavy atom. The summed E-state index contributed by atoms with van der Waals surface area (Å²) in [6, 6.07) is 3.28. The molecule has 0 saturated heterocycles. The fraction of sp³-hybridized carbons (Fsp3) is 0.400. The third-order valence-corrected chi connectivity index (χ3v) is 2.01.